The van der Waals surface area contributed by atoms with Gasteiger partial charge >= 0.3 is 0 Å². The van der Waals surface area contributed by atoms with Gasteiger partial charge < -0.3 is 5.32 Å². The molecule has 26 heavy (non-hydrogen) atoms. The molecule has 0 radical (unpaired) electrons. The first-order valence-corrected chi connectivity index (χ1v) is 8.71. The number of hydrogen-bond acceptors (Lipinski definition) is 5. The maximum Gasteiger partial charge on any atom is 0.254 e. The number of aliphatic imine (C=N–C) groups is 1. The fourth-order valence-corrected chi connectivity index (χ4v) is 2.91. The van der Waals surface area contributed by atoms with Crippen molar-refractivity contribution in [1.82, 2.24) is 19.6 Å². The first-order valence-electron chi connectivity index (χ1n) is 8.71. The molecule has 1 aromatic carbocycles. The highest BCUT2D eigenvalue weighted by molar-refractivity contribution is 5.95. The number of rotatable bonds is 5. The van der Waals surface area contributed by atoms with Gasteiger partial charge in [-0.05, 0) is 55.7 Å². The van der Waals surface area contributed by atoms with E-state index in [2.05, 4.69) is 37.5 Å². The van der Waals surface area contributed by atoms with E-state index < -0.39 is 0 Å². The summed E-state index contributed by atoms with van der Waals surface area (Å²) in [6.07, 6.45) is 9.32. The van der Waals surface area contributed by atoms with Crippen molar-refractivity contribution in [2.75, 3.05) is 18.4 Å². The van der Waals surface area contributed by atoms with Gasteiger partial charge in [-0.3, -0.25) is 4.99 Å². The first-order chi connectivity index (χ1) is 12.8. The SMILES string of the molecule is Fc1ccc(-c2ccnc3nc(NCCN=C4C=CCCC4)nn23)cc1. The number of allylic oxidation sites excluding steroid dienone is 2. The summed E-state index contributed by atoms with van der Waals surface area (Å²) >= 11 is 0. The summed E-state index contributed by atoms with van der Waals surface area (Å²) in [6.45, 7) is 1.33. The molecule has 0 atom stereocenters. The Kier molecular flexibility index (Phi) is 4.68. The number of halogens is 1. The number of nitrogens with zero attached hydrogens (tertiary/aromatic N) is 5. The monoisotopic (exact) mass is 350 g/mol. The van der Waals surface area contributed by atoms with Crippen LogP contribution in [-0.2, 0) is 0 Å². The van der Waals surface area contributed by atoms with Gasteiger partial charge in [0.2, 0.25) is 5.95 Å². The lowest BCUT2D eigenvalue weighted by Gasteiger charge is -2.06. The van der Waals surface area contributed by atoms with E-state index in [-0.39, 0.29) is 5.82 Å². The molecule has 0 spiro atoms. The van der Waals surface area contributed by atoms with Crippen molar-refractivity contribution in [3.63, 3.8) is 0 Å². The van der Waals surface area contributed by atoms with Gasteiger partial charge in [0, 0.05) is 24.0 Å². The largest absolute Gasteiger partial charge is 0.351 e. The van der Waals surface area contributed by atoms with Gasteiger partial charge in [-0.2, -0.15) is 9.50 Å². The molecule has 0 aliphatic heterocycles. The minimum atomic E-state index is -0.269. The van der Waals surface area contributed by atoms with E-state index in [1.165, 1.54) is 18.6 Å². The Hall–Kier alpha value is -3.09. The Balaban J connectivity index is 1.49. The van der Waals surface area contributed by atoms with Crippen LogP contribution >= 0.6 is 0 Å². The van der Waals surface area contributed by atoms with Crippen LogP contribution in [0.4, 0.5) is 10.3 Å². The number of fused-ring (bicyclic) bond motifs is 1. The van der Waals surface area contributed by atoms with E-state index in [1.807, 2.05) is 6.07 Å². The van der Waals surface area contributed by atoms with Crippen LogP contribution in [0.2, 0.25) is 0 Å². The van der Waals surface area contributed by atoms with E-state index >= 15 is 0 Å². The van der Waals surface area contributed by atoms with Crippen LogP contribution in [-0.4, -0.2) is 38.4 Å². The number of nitrogens with one attached hydrogen (secondary N) is 1. The third kappa shape index (κ3) is 3.61. The lowest BCUT2D eigenvalue weighted by atomic mass is 10.1. The average Bonchev–Trinajstić information content (AvgIpc) is 3.10. The summed E-state index contributed by atoms with van der Waals surface area (Å²) in [5.74, 6) is 0.733. The molecular weight excluding hydrogens is 331 g/mol. The van der Waals surface area contributed by atoms with E-state index in [9.17, 15) is 4.39 Å². The fraction of sp³-hybridized carbons (Fsp3) is 0.263. The van der Waals surface area contributed by atoms with Crippen molar-refractivity contribution < 1.29 is 4.39 Å². The second-order valence-corrected chi connectivity index (χ2v) is 6.08. The molecule has 0 fully saturated rings. The molecule has 3 aromatic rings. The Morgan fingerprint density at radius 2 is 2.08 bits per heavy atom. The second-order valence-electron chi connectivity index (χ2n) is 6.08. The van der Waals surface area contributed by atoms with Crippen molar-refractivity contribution in [3.05, 3.63) is 54.5 Å². The van der Waals surface area contributed by atoms with Crippen molar-refractivity contribution in [2.45, 2.75) is 19.3 Å². The number of anilines is 1. The summed E-state index contributed by atoms with van der Waals surface area (Å²) in [5.41, 5.74) is 2.81. The van der Waals surface area contributed by atoms with Gasteiger partial charge in [0.05, 0.1) is 12.2 Å². The molecule has 2 heterocycles. The second kappa shape index (κ2) is 7.43. The third-order valence-electron chi connectivity index (χ3n) is 4.20. The predicted octanol–water partition coefficient (Wildman–Crippen LogP) is 3.52. The van der Waals surface area contributed by atoms with Crippen molar-refractivity contribution >= 4 is 17.4 Å². The molecular formula is C19H19FN6. The maximum absolute atomic E-state index is 13.2. The highest BCUT2D eigenvalue weighted by Gasteiger charge is 2.09. The first kappa shape index (κ1) is 16.4. The molecule has 2 aromatic heterocycles. The minimum Gasteiger partial charge on any atom is -0.351 e. The van der Waals surface area contributed by atoms with Crippen LogP contribution in [0.5, 0.6) is 0 Å². The normalized spacial score (nSPS) is 15.7. The fourth-order valence-electron chi connectivity index (χ4n) is 2.91. The molecule has 1 aliphatic carbocycles. The lowest BCUT2D eigenvalue weighted by Crippen LogP contribution is -2.09. The van der Waals surface area contributed by atoms with Gasteiger partial charge in [0.1, 0.15) is 5.82 Å². The molecule has 1 N–H and O–H groups in total. The molecule has 1 aliphatic rings. The van der Waals surface area contributed by atoms with Crippen molar-refractivity contribution in [1.29, 1.82) is 0 Å². The van der Waals surface area contributed by atoms with Gasteiger partial charge in [0.15, 0.2) is 0 Å². The molecule has 7 heteroatoms. The Labute approximate surface area is 150 Å². The summed E-state index contributed by atoms with van der Waals surface area (Å²) in [7, 11) is 0. The third-order valence-corrected chi connectivity index (χ3v) is 4.20. The van der Waals surface area contributed by atoms with E-state index in [1.54, 1.807) is 22.8 Å². The molecule has 0 saturated heterocycles. The van der Waals surface area contributed by atoms with Gasteiger partial charge in [-0.1, -0.05) is 6.08 Å². The highest BCUT2D eigenvalue weighted by atomic mass is 19.1. The van der Waals surface area contributed by atoms with Crippen LogP contribution in [0.3, 0.4) is 0 Å². The molecule has 0 saturated carbocycles. The molecule has 0 amide bonds. The Morgan fingerprint density at radius 3 is 2.88 bits per heavy atom. The average molecular weight is 350 g/mol. The predicted molar refractivity (Wildman–Crippen MR) is 100.0 cm³/mol. The van der Waals surface area contributed by atoms with Gasteiger partial charge in [-0.15, -0.1) is 5.10 Å². The molecule has 4 rings (SSSR count). The van der Waals surface area contributed by atoms with E-state index in [4.69, 9.17) is 0 Å². The summed E-state index contributed by atoms with van der Waals surface area (Å²) in [4.78, 5) is 13.2. The van der Waals surface area contributed by atoms with Gasteiger partial charge in [0.25, 0.3) is 5.78 Å². The van der Waals surface area contributed by atoms with Crippen molar-refractivity contribution in [2.24, 2.45) is 4.99 Å². The summed E-state index contributed by atoms with van der Waals surface area (Å²) < 4.78 is 14.8. The molecule has 6 nitrogen and oxygen atoms in total. The Morgan fingerprint density at radius 1 is 1.19 bits per heavy atom. The molecule has 0 bridgehead atoms. The van der Waals surface area contributed by atoms with Crippen LogP contribution in [0.15, 0.2) is 53.7 Å². The van der Waals surface area contributed by atoms with E-state index in [0.29, 0.717) is 24.8 Å². The van der Waals surface area contributed by atoms with Crippen molar-refractivity contribution in [3.8, 4) is 11.3 Å². The standard InChI is InChI=1S/C19H19FN6/c20-15-8-6-14(7-9-15)17-10-11-23-19-24-18(25-26(17)19)22-13-12-21-16-4-2-1-3-5-16/h2,4,6-11H,1,3,5,12-13H2,(H,22,25). The smallest absolute Gasteiger partial charge is 0.254 e. The topological polar surface area (TPSA) is 67.5 Å². The van der Waals surface area contributed by atoms with Crippen LogP contribution in [0.1, 0.15) is 19.3 Å². The van der Waals surface area contributed by atoms with Crippen LogP contribution in [0.25, 0.3) is 17.0 Å². The lowest BCUT2D eigenvalue weighted by molar-refractivity contribution is 0.628. The van der Waals surface area contributed by atoms with Crippen LogP contribution in [0, 0.1) is 5.82 Å². The number of aromatic nitrogens is 4. The number of hydrogen-bond donors (Lipinski definition) is 1. The molecule has 0 unspecified atom stereocenters. The maximum atomic E-state index is 13.2. The van der Waals surface area contributed by atoms with Crippen LogP contribution < -0.4 is 5.32 Å². The summed E-state index contributed by atoms with van der Waals surface area (Å²) in [6, 6.07) is 8.12. The zero-order valence-electron chi connectivity index (χ0n) is 14.3. The zero-order chi connectivity index (χ0) is 17.8. The summed E-state index contributed by atoms with van der Waals surface area (Å²) in [5, 5.41) is 7.66. The van der Waals surface area contributed by atoms with Gasteiger partial charge in [-0.25, -0.2) is 9.37 Å². The Bertz CT molecular complexity index is 958. The quantitative estimate of drug-likeness (QED) is 0.715. The number of benzene rings is 1. The zero-order valence-corrected chi connectivity index (χ0v) is 14.3. The highest BCUT2D eigenvalue weighted by Crippen LogP contribution is 2.20. The molecule has 132 valence electrons. The van der Waals surface area contributed by atoms with E-state index in [0.717, 1.165) is 29.8 Å². The minimum absolute atomic E-state index is 0.269.